The van der Waals surface area contributed by atoms with E-state index >= 15 is 0 Å². The summed E-state index contributed by atoms with van der Waals surface area (Å²) in [4.78, 5) is 2.46. The van der Waals surface area contributed by atoms with Crippen molar-refractivity contribution >= 4 is 5.69 Å². The molecule has 0 atom stereocenters. The maximum Gasteiger partial charge on any atom is 0.0378 e. The van der Waals surface area contributed by atoms with Crippen LogP contribution in [0.4, 0.5) is 5.69 Å². The van der Waals surface area contributed by atoms with Crippen molar-refractivity contribution in [3.05, 3.63) is 29.8 Å². The Balaban J connectivity index is 2.08. The molecule has 2 rings (SSSR count). The summed E-state index contributed by atoms with van der Waals surface area (Å²) in [7, 11) is 0. The first-order valence-electron chi connectivity index (χ1n) is 6.44. The van der Waals surface area contributed by atoms with Gasteiger partial charge in [0.15, 0.2) is 0 Å². The molecular formula is C15H20N2. The monoisotopic (exact) mass is 228 g/mol. The smallest absolute Gasteiger partial charge is 0.0378 e. The molecule has 90 valence electrons. The van der Waals surface area contributed by atoms with Crippen LogP contribution < -0.4 is 10.6 Å². The molecule has 0 radical (unpaired) electrons. The third-order valence-corrected chi connectivity index (χ3v) is 3.07. The molecule has 1 fully saturated rings. The maximum absolute atomic E-state index is 5.43. The highest BCUT2D eigenvalue weighted by Crippen LogP contribution is 2.20. The van der Waals surface area contributed by atoms with E-state index in [2.05, 4.69) is 41.0 Å². The van der Waals surface area contributed by atoms with Crippen LogP contribution in [0.2, 0.25) is 0 Å². The Labute approximate surface area is 104 Å². The molecule has 1 aliphatic rings. The first-order chi connectivity index (χ1) is 8.40. The summed E-state index contributed by atoms with van der Waals surface area (Å²) in [6.45, 7) is 3.00. The molecule has 0 spiro atoms. The molecule has 2 N–H and O–H groups in total. The summed E-state index contributed by atoms with van der Waals surface area (Å²) in [6.07, 6.45) is 4.76. The molecule has 17 heavy (non-hydrogen) atoms. The lowest BCUT2D eigenvalue weighted by Gasteiger charge is -2.28. The van der Waals surface area contributed by atoms with Crippen molar-refractivity contribution < 1.29 is 0 Å². The third-order valence-electron chi connectivity index (χ3n) is 3.07. The Hall–Kier alpha value is -1.46. The lowest BCUT2D eigenvalue weighted by molar-refractivity contribution is 0.578. The van der Waals surface area contributed by atoms with Crippen molar-refractivity contribution in [2.75, 3.05) is 24.5 Å². The van der Waals surface area contributed by atoms with Crippen LogP contribution in [0, 0.1) is 11.8 Å². The number of anilines is 1. The van der Waals surface area contributed by atoms with Crippen molar-refractivity contribution in [2.24, 2.45) is 5.73 Å². The van der Waals surface area contributed by atoms with Gasteiger partial charge in [-0.05, 0) is 37.5 Å². The number of rotatable bonds is 2. The molecule has 1 aromatic carbocycles. The molecule has 1 saturated heterocycles. The number of benzene rings is 1. The average Bonchev–Trinajstić information content (AvgIpc) is 2.41. The Morgan fingerprint density at radius 3 is 2.76 bits per heavy atom. The van der Waals surface area contributed by atoms with Gasteiger partial charge in [0.05, 0.1) is 0 Å². The zero-order chi connectivity index (χ0) is 11.9. The summed E-state index contributed by atoms with van der Waals surface area (Å²) < 4.78 is 0. The highest BCUT2D eigenvalue weighted by Gasteiger charge is 2.10. The minimum atomic E-state index is 0.638. The SMILES string of the molecule is NCCC#Cc1cccc(N2CCCCC2)c1. The first-order valence-corrected chi connectivity index (χ1v) is 6.44. The van der Waals surface area contributed by atoms with Gasteiger partial charge >= 0.3 is 0 Å². The van der Waals surface area contributed by atoms with E-state index in [0.29, 0.717) is 6.54 Å². The van der Waals surface area contributed by atoms with Gasteiger partial charge in [-0.1, -0.05) is 17.9 Å². The molecule has 2 nitrogen and oxygen atoms in total. The van der Waals surface area contributed by atoms with E-state index in [4.69, 9.17) is 5.73 Å². The number of piperidine rings is 1. The van der Waals surface area contributed by atoms with Gasteiger partial charge in [0.25, 0.3) is 0 Å². The molecular weight excluding hydrogens is 208 g/mol. The van der Waals surface area contributed by atoms with Crippen LogP contribution >= 0.6 is 0 Å². The van der Waals surface area contributed by atoms with Crippen molar-refractivity contribution in [3.63, 3.8) is 0 Å². The fourth-order valence-electron chi connectivity index (χ4n) is 2.17. The Morgan fingerprint density at radius 1 is 1.18 bits per heavy atom. The standard InChI is InChI=1S/C15H20N2/c16-10-3-2-7-14-8-6-9-15(13-14)17-11-4-1-5-12-17/h6,8-9,13H,1,3-5,10-12,16H2. The number of hydrogen-bond donors (Lipinski definition) is 1. The fourth-order valence-corrected chi connectivity index (χ4v) is 2.17. The van der Waals surface area contributed by atoms with Gasteiger partial charge in [-0.2, -0.15) is 0 Å². The van der Waals surface area contributed by atoms with Gasteiger partial charge in [-0.25, -0.2) is 0 Å². The van der Waals surface area contributed by atoms with Gasteiger partial charge in [-0.3, -0.25) is 0 Å². The molecule has 0 aromatic heterocycles. The predicted molar refractivity (Wildman–Crippen MR) is 73.1 cm³/mol. The van der Waals surface area contributed by atoms with Crippen LogP contribution in [0.3, 0.4) is 0 Å². The zero-order valence-electron chi connectivity index (χ0n) is 10.3. The highest BCUT2D eigenvalue weighted by atomic mass is 15.1. The maximum atomic E-state index is 5.43. The van der Waals surface area contributed by atoms with Gasteiger partial charge in [-0.15, -0.1) is 0 Å². The summed E-state index contributed by atoms with van der Waals surface area (Å²) in [5.41, 5.74) is 7.84. The fraction of sp³-hybridized carbons (Fsp3) is 0.467. The topological polar surface area (TPSA) is 29.3 Å². The van der Waals surface area contributed by atoms with E-state index in [1.165, 1.54) is 38.0 Å². The van der Waals surface area contributed by atoms with Crippen LogP contribution in [-0.4, -0.2) is 19.6 Å². The molecule has 0 saturated carbocycles. The zero-order valence-corrected chi connectivity index (χ0v) is 10.3. The minimum Gasteiger partial charge on any atom is -0.372 e. The normalized spacial score (nSPS) is 15.2. The van der Waals surface area contributed by atoms with Crippen LogP contribution in [0.15, 0.2) is 24.3 Å². The lowest BCUT2D eigenvalue weighted by atomic mass is 10.1. The number of nitrogens with zero attached hydrogens (tertiary/aromatic N) is 1. The van der Waals surface area contributed by atoms with Crippen molar-refractivity contribution in [2.45, 2.75) is 25.7 Å². The second-order valence-electron chi connectivity index (χ2n) is 4.44. The predicted octanol–water partition coefficient (Wildman–Crippen LogP) is 2.38. The molecule has 0 bridgehead atoms. The summed E-state index contributed by atoms with van der Waals surface area (Å²) in [5.74, 6) is 6.26. The van der Waals surface area contributed by atoms with E-state index < -0.39 is 0 Å². The molecule has 0 amide bonds. The van der Waals surface area contributed by atoms with Crippen molar-refractivity contribution in [1.82, 2.24) is 0 Å². The molecule has 1 aromatic rings. The van der Waals surface area contributed by atoms with Gasteiger partial charge in [0.2, 0.25) is 0 Å². The number of nitrogens with two attached hydrogens (primary N) is 1. The van der Waals surface area contributed by atoms with Crippen molar-refractivity contribution in [3.8, 4) is 11.8 Å². The third kappa shape index (κ3) is 3.51. The van der Waals surface area contributed by atoms with Gasteiger partial charge < -0.3 is 10.6 Å². The molecule has 0 aliphatic carbocycles. The summed E-state index contributed by atoms with van der Waals surface area (Å²) >= 11 is 0. The van der Waals surface area contributed by atoms with E-state index in [9.17, 15) is 0 Å². The van der Waals surface area contributed by atoms with Crippen molar-refractivity contribution in [1.29, 1.82) is 0 Å². The van der Waals surface area contributed by atoms with E-state index in [1.807, 2.05) is 0 Å². The highest BCUT2D eigenvalue weighted by molar-refractivity contribution is 5.52. The quantitative estimate of drug-likeness (QED) is 0.787. The van der Waals surface area contributed by atoms with Crippen LogP contribution in [0.25, 0.3) is 0 Å². The Morgan fingerprint density at radius 2 is 2.00 bits per heavy atom. The lowest BCUT2D eigenvalue weighted by Crippen LogP contribution is -2.29. The van der Waals surface area contributed by atoms with E-state index in [-0.39, 0.29) is 0 Å². The summed E-state index contributed by atoms with van der Waals surface area (Å²) in [5, 5.41) is 0. The second kappa shape index (κ2) is 6.32. The van der Waals surface area contributed by atoms with E-state index in [1.54, 1.807) is 0 Å². The summed E-state index contributed by atoms with van der Waals surface area (Å²) in [6, 6.07) is 8.53. The first kappa shape index (κ1) is 12.0. The molecule has 0 unspecified atom stereocenters. The Kier molecular flexibility index (Phi) is 4.46. The van der Waals surface area contributed by atoms with E-state index in [0.717, 1.165) is 12.0 Å². The average molecular weight is 228 g/mol. The molecule has 1 aliphatic heterocycles. The number of hydrogen-bond acceptors (Lipinski definition) is 2. The van der Waals surface area contributed by atoms with Crippen LogP contribution in [-0.2, 0) is 0 Å². The largest absolute Gasteiger partial charge is 0.372 e. The minimum absolute atomic E-state index is 0.638. The van der Waals surface area contributed by atoms with Gasteiger partial charge in [0.1, 0.15) is 0 Å². The molecule has 1 heterocycles. The Bertz CT molecular complexity index is 408. The second-order valence-corrected chi connectivity index (χ2v) is 4.44. The van der Waals surface area contributed by atoms with Crippen LogP contribution in [0.1, 0.15) is 31.2 Å². The van der Waals surface area contributed by atoms with Crippen LogP contribution in [0.5, 0.6) is 0 Å². The van der Waals surface area contributed by atoms with Gasteiger partial charge in [0, 0.05) is 37.3 Å². The molecule has 2 heteroatoms.